The molecule has 3 nitrogen and oxygen atoms in total. The van der Waals surface area contributed by atoms with Gasteiger partial charge in [-0.05, 0) is 31.7 Å². The van der Waals surface area contributed by atoms with Crippen LogP contribution in [0, 0.1) is 12.8 Å². The van der Waals surface area contributed by atoms with Crippen LogP contribution in [0.25, 0.3) is 11.0 Å². The SMILES string of the molecule is Cc1ccc2oc(C(O)C(C)CN)cc2c1. The number of hydrogen-bond donors (Lipinski definition) is 2. The maximum absolute atomic E-state index is 9.99. The van der Waals surface area contributed by atoms with Gasteiger partial charge in [0.25, 0.3) is 0 Å². The third kappa shape index (κ3) is 1.96. The van der Waals surface area contributed by atoms with Gasteiger partial charge in [-0.1, -0.05) is 18.6 Å². The van der Waals surface area contributed by atoms with Crippen molar-refractivity contribution in [3.8, 4) is 0 Å². The highest BCUT2D eigenvalue weighted by molar-refractivity contribution is 5.78. The second-order valence-electron chi connectivity index (χ2n) is 4.35. The van der Waals surface area contributed by atoms with Gasteiger partial charge < -0.3 is 15.3 Å². The first-order valence-electron chi connectivity index (χ1n) is 5.50. The zero-order valence-corrected chi connectivity index (χ0v) is 9.60. The van der Waals surface area contributed by atoms with E-state index in [0.717, 1.165) is 11.0 Å². The average Bonchev–Trinajstić information content (AvgIpc) is 2.69. The molecule has 2 aromatic rings. The van der Waals surface area contributed by atoms with Crippen molar-refractivity contribution < 1.29 is 9.52 Å². The minimum Gasteiger partial charge on any atom is -0.458 e. The molecule has 0 saturated carbocycles. The first-order chi connectivity index (χ1) is 7.61. The fraction of sp³-hybridized carbons (Fsp3) is 0.385. The molecular weight excluding hydrogens is 202 g/mol. The van der Waals surface area contributed by atoms with E-state index >= 15 is 0 Å². The molecule has 0 aliphatic heterocycles. The number of aliphatic hydroxyl groups excluding tert-OH is 1. The Morgan fingerprint density at radius 3 is 2.81 bits per heavy atom. The van der Waals surface area contributed by atoms with E-state index in [2.05, 4.69) is 0 Å². The number of rotatable bonds is 3. The van der Waals surface area contributed by atoms with Gasteiger partial charge in [0.15, 0.2) is 0 Å². The van der Waals surface area contributed by atoms with Crippen molar-refractivity contribution in [2.45, 2.75) is 20.0 Å². The Morgan fingerprint density at radius 2 is 2.12 bits per heavy atom. The second-order valence-corrected chi connectivity index (χ2v) is 4.35. The highest BCUT2D eigenvalue weighted by Crippen LogP contribution is 2.28. The number of benzene rings is 1. The van der Waals surface area contributed by atoms with Crippen molar-refractivity contribution in [1.29, 1.82) is 0 Å². The Kier molecular flexibility index (Phi) is 2.99. The molecule has 86 valence electrons. The Hall–Kier alpha value is -1.32. The quantitative estimate of drug-likeness (QED) is 0.833. The first-order valence-corrected chi connectivity index (χ1v) is 5.50. The second kappa shape index (κ2) is 4.28. The van der Waals surface area contributed by atoms with Crippen molar-refractivity contribution in [3.63, 3.8) is 0 Å². The van der Waals surface area contributed by atoms with Gasteiger partial charge in [0.1, 0.15) is 17.4 Å². The van der Waals surface area contributed by atoms with Crippen LogP contribution >= 0.6 is 0 Å². The normalized spacial score (nSPS) is 15.2. The van der Waals surface area contributed by atoms with E-state index in [9.17, 15) is 5.11 Å². The molecule has 0 radical (unpaired) electrons. The largest absolute Gasteiger partial charge is 0.458 e. The van der Waals surface area contributed by atoms with Crippen LogP contribution in [0.2, 0.25) is 0 Å². The van der Waals surface area contributed by atoms with Gasteiger partial charge in [0, 0.05) is 11.3 Å². The molecule has 0 spiro atoms. The molecule has 1 heterocycles. The molecule has 1 aromatic carbocycles. The summed E-state index contributed by atoms with van der Waals surface area (Å²) in [5, 5.41) is 11.0. The Bertz CT molecular complexity index is 490. The van der Waals surface area contributed by atoms with Gasteiger partial charge in [-0.15, -0.1) is 0 Å². The minimum atomic E-state index is -0.627. The Balaban J connectivity index is 2.39. The van der Waals surface area contributed by atoms with Crippen molar-refractivity contribution in [2.75, 3.05) is 6.54 Å². The molecule has 3 heteroatoms. The fourth-order valence-electron chi connectivity index (χ4n) is 1.74. The van der Waals surface area contributed by atoms with E-state index in [1.54, 1.807) is 0 Å². The highest BCUT2D eigenvalue weighted by Gasteiger charge is 2.19. The van der Waals surface area contributed by atoms with Gasteiger partial charge in [-0.25, -0.2) is 0 Å². The highest BCUT2D eigenvalue weighted by atomic mass is 16.4. The van der Waals surface area contributed by atoms with Crippen LogP contribution in [0.4, 0.5) is 0 Å². The summed E-state index contributed by atoms with van der Waals surface area (Å²) in [4.78, 5) is 0. The summed E-state index contributed by atoms with van der Waals surface area (Å²) in [7, 11) is 0. The number of fused-ring (bicyclic) bond motifs is 1. The molecule has 2 atom stereocenters. The lowest BCUT2D eigenvalue weighted by Gasteiger charge is -2.13. The van der Waals surface area contributed by atoms with E-state index < -0.39 is 6.10 Å². The van der Waals surface area contributed by atoms with Crippen LogP contribution < -0.4 is 5.73 Å². The Labute approximate surface area is 94.9 Å². The van der Waals surface area contributed by atoms with Gasteiger partial charge >= 0.3 is 0 Å². The summed E-state index contributed by atoms with van der Waals surface area (Å²) in [5.41, 5.74) is 7.52. The molecule has 16 heavy (non-hydrogen) atoms. The number of nitrogens with two attached hydrogens (primary N) is 1. The summed E-state index contributed by atoms with van der Waals surface area (Å²) in [6.45, 7) is 4.38. The van der Waals surface area contributed by atoms with Crippen LogP contribution in [-0.4, -0.2) is 11.7 Å². The molecule has 1 aromatic heterocycles. The van der Waals surface area contributed by atoms with Crippen LogP contribution in [0.5, 0.6) is 0 Å². The van der Waals surface area contributed by atoms with Gasteiger partial charge in [0.2, 0.25) is 0 Å². The standard InChI is InChI=1S/C13H17NO2/c1-8-3-4-11-10(5-8)6-12(16-11)13(15)9(2)7-14/h3-6,9,13,15H,7,14H2,1-2H3. The summed E-state index contributed by atoms with van der Waals surface area (Å²) in [6, 6.07) is 7.85. The summed E-state index contributed by atoms with van der Waals surface area (Å²) in [6.07, 6.45) is -0.627. The van der Waals surface area contributed by atoms with Crippen molar-refractivity contribution in [3.05, 3.63) is 35.6 Å². The van der Waals surface area contributed by atoms with Crippen LogP contribution in [-0.2, 0) is 0 Å². The van der Waals surface area contributed by atoms with E-state index in [4.69, 9.17) is 10.2 Å². The number of hydrogen-bond acceptors (Lipinski definition) is 3. The molecule has 0 aliphatic carbocycles. The van der Waals surface area contributed by atoms with Gasteiger partial charge in [-0.2, -0.15) is 0 Å². The Morgan fingerprint density at radius 1 is 1.38 bits per heavy atom. The van der Waals surface area contributed by atoms with E-state index in [-0.39, 0.29) is 5.92 Å². The predicted molar refractivity (Wildman–Crippen MR) is 64.1 cm³/mol. The van der Waals surface area contributed by atoms with Gasteiger partial charge in [-0.3, -0.25) is 0 Å². The average molecular weight is 219 g/mol. The van der Waals surface area contributed by atoms with Crippen LogP contribution in [0.1, 0.15) is 24.4 Å². The van der Waals surface area contributed by atoms with Crippen molar-refractivity contribution in [2.24, 2.45) is 11.7 Å². The third-order valence-electron chi connectivity index (χ3n) is 2.89. The van der Waals surface area contributed by atoms with Crippen LogP contribution in [0.15, 0.2) is 28.7 Å². The topological polar surface area (TPSA) is 59.4 Å². The first kappa shape index (κ1) is 11.2. The van der Waals surface area contributed by atoms with Crippen molar-refractivity contribution >= 4 is 11.0 Å². The number of furan rings is 1. The number of aryl methyl sites for hydroxylation is 1. The zero-order valence-electron chi connectivity index (χ0n) is 9.60. The molecule has 0 fully saturated rings. The van der Waals surface area contributed by atoms with E-state index in [1.165, 1.54) is 5.56 Å². The van der Waals surface area contributed by atoms with E-state index in [0.29, 0.717) is 12.3 Å². The minimum absolute atomic E-state index is 0.00154. The summed E-state index contributed by atoms with van der Waals surface area (Å²) < 4.78 is 5.60. The fourth-order valence-corrected chi connectivity index (χ4v) is 1.74. The maximum Gasteiger partial charge on any atom is 0.134 e. The molecule has 0 bridgehead atoms. The lowest BCUT2D eigenvalue weighted by atomic mass is 10.0. The van der Waals surface area contributed by atoms with Crippen LogP contribution in [0.3, 0.4) is 0 Å². The molecular formula is C13H17NO2. The molecule has 2 rings (SSSR count). The predicted octanol–water partition coefficient (Wildman–Crippen LogP) is 2.37. The smallest absolute Gasteiger partial charge is 0.134 e. The number of aliphatic hydroxyl groups is 1. The summed E-state index contributed by atoms with van der Waals surface area (Å²) in [5.74, 6) is 0.597. The maximum atomic E-state index is 9.99. The summed E-state index contributed by atoms with van der Waals surface area (Å²) >= 11 is 0. The molecule has 0 aliphatic rings. The zero-order chi connectivity index (χ0) is 11.7. The third-order valence-corrected chi connectivity index (χ3v) is 2.89. The molecule has 0 saturated heterocycles. The van der Waals surface area contributed by atoms with Crippen molar-refractivity contribution in [1.82, 2.24) is 0 Å². The van der Waals surface area contributed by atoms with E-state index in [1.807, 2.05) is 38.1 Å². The lowest BCUT2D eigenvalue weighted by Crippen LogP contribution is -2.18. The molecule has 0 amide bonds. The van der Waals surface area contributed by atoms with Gasteiger partial charge in [0.05, 0.1) is 0 Å². The molecule has 2 unspecified atom stereocenters. The monoisotopic (exact) mass is 219 g/mol. The lowest BCUT2D eigenvalue weighted by molar-refractivity contribution is 0.0998. The molecule has 3 N–H and O–H groups in total.